The fourth-order valence-corrected chi connectivity index (χ4v) is 1.56. The van der Waals surface area contributed by atoms with Crippen molar-refractivity contribution in [2.24, 2.45) is 0 Å². The van der Waals surface area contributed by atoms with Crippen LogP contribution in [0.3, 0.4) is 0 Å². The topological polar surface area (TPSA) is 3.24 Å². The lowest BCUT2D eigenvalue weighted by molar-refractivity contribution is 0.170. The minimum Gasteiger partial charge on any atom is -0.296 e. The molecule has 1 rings (SSSR count). The van der Waals surface area contributed by atoms with Crippen LogP contribution in [0.1, 0.15) is 25.0 Å². The maximum atomic E-state index is 5.95. The molecule has 0 fully saturated rings. The van der Waals surface area contributed by atoms with E-state index in [9.17, 15) is 0 Å². The Morgan fingerprint density at radius 2 is 1.87 bits per heavy atom. The molecule has 0 N–H and O–H groups in total. The average molecular weight is 226 g/mol. The number of benzene rings is 1. The van der Waals surface area contributed by atoms with Gasteiger partial charge in [0.05, 0.1) is 0 Å². The fraction of sp³-hybridized carbons (Fsp3) is 0.538. The smallest absolute Gasteiger partial charge is 0.0402 e. The molecule has 0 unspecified atom stereocenters. The SMILES string of the molecule is Cc1ccccc1CN(C)C(C)(C)CCl. The molecule has 0 aromatic heterocycles. The second-order valence-corrected chi connectivity index (χ2v) is 5.00. The first-order valence-electron chi connectivity index (χ1n) is 5.29. The van der Waals surface area contributed by atoms with Crippen LogP contribution in [-0.2, 0) is 6.54 Å². The molecule has 1 nitrogen and oxygen atoms in total. The van der Waals surface area contributed by atoms with Gasteiger partial charge in [-0.25, -0.2) is 0 Å². The molecule has 0 aliphatic rings. The molecule has 84 valence electrons. The van der Waals surface area contributed by atoms with Crippen LogP contribution in [0.25, 0.3) is 0 Å². The Morgan fingerprint density at radius 3 is 2.40 bits per heavy atom. The van der Waals surface area contributed by atoms with Gasteiger partial charge in [0.2, 0.25) is 0 Å². The summed E-state index contributed by atoms with van der Waals surface area (Å²) in [7, 11) is 2.12. The second kappa shape index (κ2) is 5.00. The predicted molar refractivity (Wildman–Crippen MR) is 67.4 cm³/mol. The summed E-state index contributed by atoms with van der Waals surface area (Å²) in [5, 5.41) is 0. The molecule has 2 heteroatoms. The Kier molecular flexibility index (Phi) is 4.18. The fourth-order valence-electron chi connectivity index (χ4n) is 1.36. The molecule has 0 aliphatic carbocycles. The molecule has 0 aliphatic heterocycles. The molecule has 0 saturated heterocycles. The molecule has 1 aromatic carbocycles. The van der Waals surface area contributed by atoms with Crippen LogP contribution < -0.4 is 0 Å². The van der Waals surface area contributed by atoms with Crippen LogP contribution >= 0.6 is 11.6 Å². The summed E-state index contributed by atoms with van der Waals surface area (Å²) in [5.41, 5.74) is 2.76. The van der Waals surface area contributed by atoms with Crippen molar-refractivity contribution in [3.05, 3.63) is 35.4 Å². The maximum Gasteiger partial charge on any atom is 0.0402 e. The van der Waals surface area contributed by atoms with Crippen LogP contribution in [-0.4, -0.2) is 23.4 Å². The number of nitrogens with zero attached hydrogens (tertiary/aromatic N) is 1. The third-order valence-electron chi connectivity index (χ3n) is 3.03. The summed E-state index contributed by atoms with van der Waals surface area (Å²) in [6.45, 7) is 7.43. The molecule has 0 saturated carbocycles. The average Bonchev–Trinajstić information content (AvgIpc) is 2.21. The highest BCUT2D eigenvalue weighted by Crippen LogP contribution is 2.18. The Labute approximate surface area is 98.0 Å². The normalized spacial score (nSPS) is 12.1. The van der Waals surface area contributed by atoms with E-state index < -0.39 is 0 Å². The molecule has 15 heavy (non-hydrogen) atoms. The Balaban J connectivity index is 2.75. The van der Waals surface area contributed by atoms with Crippen molar-refractivity contribution in [2.45, 2.75) is 32.9 Å². The third-order valence-corrected chi connectivity index (χ3v) is 3.68. The minimum absolute atomic E-state index is 0.0455. The molecule has 0 amide bonds. The van der Waals surface area contributed by atoms with E-state index in [0.29, 0.717) is 5.88 Å². The summed E-state index contributed by atoms with van der Waals surface area (Å²) in [6, 6.07) is 8.49. The van der Waals surface area contributed by atoms with E-state index in [2.05, 4.69) is 57.0 Å². The van der Waals surface area contributed by atoms with Gasteiger partial charge in [0.1, 0.15) is 0 Å². The highest BCUT2D eigenvalue weighted by atomic mass is 35.5. The van der Waals surface area contributed by atoms with Crippen LogP contribution in [0.15, 0.2) is 24.3 Å². The van der Waals surface area contributed by atoms with Gasteiger partial charge >= 0.3 is 0 Å². The standard InChI is InChI=1S/C13H20ClN/c1-11-7-5-6-8-12(11)9-15(4)13(2,3)10-14/h5-8H,9-10H2,1-4H3. The molecule has 1 aromatic rings. The van der Waals surface area contributed by atoms with Crippen LogP contribution in [0.2, 0.25) is 0 Å². The zero-order chi connectivity index (χ0) is 11.5. The van der Waals surface area contributed by atoms with Crippen molar-refractivity contribution in [3.63, 3.8) is 0 Å². The van der Waals surface area contributed by atoms with Gasteiger partial charge in [-0.05, 0) is 38.9 Å². The Bertz CT molecular complexity index is 320. The van der Waals surface area contributed by atoms with E-state index in [1.807, 2.05) is 0 Å². The number of aryl methyl sites for hydroxylation is 1. The zero-order valence-corrected chi connectivity index (χ0v) is 10.8. The number of rotatable bonds is 4. The quantitative estimate of drug-likeness (QED) is 0.710. The molecule has 0 spiro atoms. The lowest BCUT2D eigenvalue weighted by atomic mass is 10.0. The van der Waals surface area contributed by atoms with Crippen LogP contribution in [0.4, 0.5) is 0 Å². The van der Waals surface area contributed by atoms with E-state index in [-0.39, 0.29) is 5.54 Å². The number of halogens is 1. The highest BCUT2D eigenvalue weighted by Gasteiger charge is 2.22. The van der Waals surface area contributed by atoms with Crippen molar-refractivity contribution in [2.75, 3.05) is 12.9 Å². The van der Waals surface area contributed by atoms with E-state index in [0.717, 1.165) is 6.54 Å². The summed E-state index contributed by atoms with van der Waals surface area (Å²) in [6.07, 6.45) is 0. The number of hydrogen-bond donors (Lipinski definition) is 0. The highest BCUT2D eigenvalue weighted by molar-refractivity contribution is 6.18. The van der Waals surface area contributed by atoms with Crippen molar-refractivity contribution in [1.29, 1.82) is 0 Å². The van der Waals surface area contributed by atoms with Crippen molar-refractivity contribution in [1.82, 2.24) is 4.90 Å². The minimum atomic E-state index is 0.0455. The lowest BCUT2D eigenvalue weighted by Crippen LogP contribution is -2.42. The zero-order valence-electron chi connectivity index (χ0n) is 10.0. The Morgan fingerprint density at radius 1 is 1.27 bits per heavy atom. The third kappa shape index (κ3) is 3.22. The van der Waals surface area contributed by atoms with Gasteiger partial charge in [-0.2, -0.15) is 0 Å². The van der Waals surface area contributed by atoms with E-state index in [1.54, 1.807) is 0 Å². The first-order chi connectivity index (χ1) is 6.97. The molecule has 0 radical (unpaired) electrons. The maximum absolute atomic E-state index is 5.95. The molecular weight excluding hydrogens is 206 g/mol. The lowest BCUT2D eigenvalue weighted by Gasteiger charge is -2.34. The summed E-state index contributed by atoms with van der Waals surface area (Å²) in [4.78, 5) is 2.29. The summed E-state index contributed by atoms with van der Waals surface area (Å²) in [5.74, 6) is 0.648. The molecule has 0 atom stereocenters. The first kappa shape index (κ1) is 12.5. The monoisotopic (exact) mass is 225 g/mol. The molecule has 0 bridgehead atoms. The Hall–Kier alpha value is -0.530. The van der Waals surface area contributed by atoms with Gasteiger partial charge in [0, 0.05) is 18.0 Å². The van der Waals surface area contributed by atoms with Crippen LogP contribution in [0, 0.1) is 6.92 Å². The summed E-state index contributed by atoms with van der Waals surface area (Å²) >= 11 is 5.95. The van der Waals surface area contributed by atoms with E-state index in [4.69, 9.17) is 11.6 Å². The predicted octanol–water partition coefficient (Wildman–Crippen LogP) is 3.44. The van der Waals surface area contributed by atoms with E-state index >= 15 is 0 Å². The van der Waals surface area contributed by atoms with Gasteiger partial charge in [-0.3, -0.25) is 4.90 Å². The molecule has 0 heterocycles. The largest absolute Gasteiger partial charge is 0.296 e. The van der Waals surface area contributed by atoms with Gasteiger partial charge < -0.3 is 0 Å². The number of hydrogen-bond acceptors (Lipinski definition) is 1. The van der Waals surface area contributed by atoms with Gasteiger partial charge in [-0.1, -0.05) is 24.3 Å². The first-order valence-corrected chi connectivity index (χ1v) is 5.82. The van der Waals surface area contributed by atoms with Crippen LogP contribution in [0.5, 0.6) is 0 Å². The van der Waals surface area contributed by atoms with E-state index in [1.165, 1.54) is 11.1 Å². The van der Waals surface area contributed by atoms with Crippen molar-refractivity contribution < 1.29 is 0 Å². The van der Waals surface area contributed by atoms with Gasteiger partial charge in [-0.15, -0.1) is 11.6 Å². The van der Waals surface area contributed by atoms with Crippen molar-refractivity contribution >= 4 is 11.6 Å². The second-order valence-electron chi connectivity index (χ2n) is 4.73. The number of alkyl halides is 1. The van der Waals surface area contributed by atoms with Gasteiger partial charge in [0.15, 0.2) is 0 Å². The molecular formula is C13H20ClN. The van der Waals surface area contributed by atoms with Gasteiger partial charge in [0.25, 0.3) is 0 Å². The van der Waals surface area contributed by atoms with Crippen molar-refractivity contribution in [3.8, 4) is 0 Å². The summed E-state index contributed by atoms with van der Waals surface area (Å²) < 4.78 is 0.